The van der Waals surface area contributed by atoms with Gasteiger partial charge in [-0.15, -0.1) is 0 Å². The first-order valence-corrected chi connectivity index (χ1v) is 5.63. The Hall–Kier alpha value is -2.35. The lowest BCUT2D eigenvalue weighted by Gasteiger charge is -2.10. The largest absolute Gasteiger partial charge is 0.306 e. The molecule has 92 valence electrons. The van der Waals surface area contributed by atoms with E-state index in [1.807, 2.05) is 33.0 Å². The molecule has 0 atom stereocenters. The van der Waals surface area contributed by atoms with Gasteiger partial charge in [-0.3, -0.25) is 9.48 Å². The number of pyridine rings is 1. The zero-order valence-corrected chi connectivity index (χ0v) is 10.6. The normalized spacial score (nSPS) is 10.3. The van der Waals surface area contributed by atoms with Crippen molar-refractivity contribution in [1.29, 1.82) is 5.26 Å². The highest BCUT2D eigenvalue weighted by Crippen LogP contribution is 2.06. The van der Waals surface area contributed by atoms with Gasteiger partial charge in [0.05, 0.1) is 17.9 Å². The summed E-state index contributed by atoms with van der Waals surface area (Å²) in [6.07, 6.45) is 0. The van der Waals surface area contributed by atoms with Crippen LogP contribution in [0.3, 0.4) is 0 Å². The first-order valence-electron chi connectivity index (χ1n) is 5.63. The minimum absolute atomic E-state index is 0.166. The second kappa shape index (κ2) is 4.49. The molecule has 5 heteroatoms. The van der Waals surface area contributed by atoms with Gasteiger partial charge in [0.25, 0.3) is 5.56 Å². The molecule has 5 nitrogen and oxygen atoms in total. The maximum atomic E-state index is 12.1. The molecule has 18 heavy (non-hydrogen) atoms. The van der Waals surface area contributed by atoms with E-state index in [9.17, 15) is 4.79 Å². The van der Waals surface area contributed by atoms with Crippen LogP contribution in [0, 0.1) is 25.2 Å². The molecule has 2 heterocycles. The van der Waals surface area contributed by atoms with Crippen LogP contribution >= 0.6 is 0 Å². The summed E-state index contributed by atoms with van der Waals surface area (Å²) in [7, 11) is 1.84. The topological polar surface area (TPSA) is 63.6 Å². The summed E-state index contributed by atoms with van der Waals surface area (Å²) in [5.41, 5.74) is 2.59. The summed E-state index contributed by atoms with van der Waals surface area (Å²) < 4.78 is 3.34. The zero-order valence-electron chi connectivity index (χ0n) is 10.6. The van der Waals surface area contributed by atoms with Crippen LogP contribution in [0.1, 0.15) is 22.6 Å². The second-order valence-electron chi connectivity index (χ2n) is 4.29. The first-order chi connectivity index (χ1) is 8.52. The molecule has 0 unspecified atom stereocenters. The summed E-state index contributed by atoms with van der Waals surface area (Å²) in [5.74, 6) is 0. The van der Waals surface area contributed by atoms with Crippen molar-refractivity contribution in [2.45, 2.75) is 20.4 Å². The van der Waals surface area contributed by atoms with E-state index in [1.54, 1.807) is 21.4 Å². The Morgan fingerprint density at radius 2 is 2.11 bits per heavy atom. The SMILES string of the molecule is Cc1cc(Cn2c(C)ccc(C#N)c2=O)n(C)n1. The quantitative estimate of drug-likeness (QED) is 0.792. The van der Waals surface area contributed by atoms with E-state index in [4.69, 9.17) is 5.26 Å². The van der Waals surface area contributed by atoms with Crippen molar-refractivity contribution in [2.24, 2.45) is 7.05 Å². The van der Waals surface area contributed by atoms with Gasteiger partial charge in [0.15, 0.2) is 0 Å². The molecule has 0 spiro atoms. The van der Waals surface area contributed by atoms with Crippen LogP contribution in [-0.4, -0.2) is 14.3 Å². The molecule has 0 amide bonds. The minimum Gasteiger partial charge on any atom is -0.306 e. The average Bonchev–Trinajstić information content (AvgIpc) is 2.63. The molecular weight excluding hydrogens is 228 g/mol. The van der Waals surface area contributed by atoms with Gasteiger partial charge in [0, 0.05) is 12.7 Å². The maximum Gasteiger partial charge on any atom is 0.269 e. The van der Waals surface area contributed by atoms with Crippen LogP contribution in [0.15, 0.2) is 23.0 Å². The molecule has 0 saturated heterocycles. The molecule has 0 aliphatic heterocycles. The summed E-state index contributed by atoms with van der Waals surface area (Å²) in [4.78, 5) is 12.1. The van der Waals surface area contributed by atoms with Crippen LogP contribution < -0.4 is 5.56 Å². The molecule has 0 bridgehead atoms. The summed E-state index contributed by atoms with van der Waals surface area (Å²) in [5, 5.41) is 13.1. The average molecular weight is 242 g/mol. The van der Waals surface area contributed by atoms with Crippen LogP contribution in [0.5, 0.6) is 0 Å². The number of rotatable bonds is 2. The third kappa shape index (κ3) is 2.05. The standard InChI is InChI=1S/C13H14N4O/c1-9-6-12(16(3)15-9)8-17-10(2)4-5-11(7-14)13(17)18/h4-6H,8H2,1-3H3. The highest BCUT2D eigenvalue weighted by atomic mass is 16.1. The molecule has 0 aromatic carbocycles. The van der Waals surface area contributed by atoms with E-state index in [-0.39, 0.29) is 11.1 Å². The van der Waals surface area contributed by atoms with E-state index in [0.717, 1.165) is 17.1 Å². The predicted molar refractivity (Wildman–Crippen MR) is 67.2 cm³/mol. The van der Waals surface area contributed by atoms with E-state index < -0.39 is 0 Å². The fourth-order valence-electron chi connectivity index (χ4n) is 1.93. The smallest absolute Gasteiger partial charge is 0.269 e. The van der Waals surface area contributed by atoms with Crippen LogP contribution in [0.25, 0.3) is 0 Å². The number of nitriles is 1. The Morgan fingerprint density at radius 1 is 1.39 bits per heavy atom. The highest BCUT2D eigenvalue weighted by Gasteiger charge is 2.09. The Morgan fingerprint density at radius 3 is 2.67 bits per heavy atom. The zero-order chi connectivity index (χ0) is 13.3. The highest BCUT2D eigenvalue weighted by molar-refractivity contribution is 5.28. The molecule has 0 fully saturated rings. The van der Waals surface area contributed by atoms with Crippen LogP contribution in [-0.2, 0) is 13.6 Å². The van der Waals surface area contributed by atoms with Crippen molar-refractivity contribution < 1.29 is 0 Å². The number of hydrogen-bond donors (Lipinski definition) is 0. The van der Waals surface area contributed by atoms with Crippen molar-refractivity contribution in [1.82, 2.24) is 14.3 Å². The van der Waals surface area contributed by atoms with E-state index in [0.29, 0.717) is 6.54 Å². The van der Waals surface area contributed by atoms with Gasteiger partial charge in [-0.2, -0.15) is 10.4 Å². The van der Waals surface area contributed by atoms with Gasteiger partial charge < -0.3 is 4.57 Å². The number of hydrogen-bond acceptors (Lipinski definition) is 3. The van der Waals surface area contributed by atoms with Crippen molar-refractivity contribution >= 4 is 0 Å². The molecule has 0 aliphatic carbocycles. The van der Waals surface area contributed by atoms with Gasteiger partial charge in [0.2, 0.25) is 0 Å². The van der Waals surface area contributed by atoms with Gasteiger partial charge in [-0.25, -0.2) is 0 Å². The Kier molecular flexibility index (Phi) is 3.02. The molecular formula is C13H14N4O. The summed E-state index contributed by atoms with van der Waals surface area (Å²) in [6.45, 7) is 4.19. The van der Waals surface area contributed by atoms with Gasteiger partial charge >= 0.3 is 0 Å². The van der Waals surface area contributed by atoms with Crippen LogP contribution in [0.2, 0.25) is 0 Å². The van der Waals surface area contributed by atoms with E-state index >= 15 is 0 Å². The monoisotopic (exact) mass is 242 g/mol. The van der Waals surface area contributed by atoms with E-state index in [1.165, 1.54) is 0 Å². The molecule has 0 radical (unpaired) electrons. The van der Waals surface area contributed by atoms with E-state index in [2.05, 4.69) is 5.10 Å². The molecule has 0 N–H and O–H groups in total. The lowest BCUT2D eigenvalue weighted by atomic mass is 10.2. The molecule has 2 aromatic heterocycles. The van der Waals surface area contributed by atoms with Gasteiger partial charge in [0.1, 0.15) is 11.6 Å². The number of aryl methyl sites for hydroxylation is 3. The van der Waals surface area contributed by atoms with Gasteiger partial charge in [-0.1, -0.05) is 0 Å². The third-order valence-corrected chi connectivity index (χ3v) is 2.93. The lowest BCUT2D eigenvalue weighted by Crippen LogP contribution is -2.25. The maximum absolute atomic E-state index is 12.1. The summed E-state index contributed by atoms with van der Waals surface area (Å²) >= 11 is 0. The first kappa shape index (κ1) is 12.1. The fraction of sp³-hybridized carbons (Fsp3) is 0.308. The van der Waals surface area contributed by atoms with Crippen molar-refractivity contribution in [3.05, 3.63) is 51.2 Å². The van der Waals surface area contributed by atoms with Crippen molar-refractivity contribution in [3.8, 4) is 6.07 Å². The number of aromatic nitrogens is 3. The molecule has 0 aliphatic rings. The van der Waals surface area contributed by atoms with Crippen LogP contribution in [0.4, 0.5) is 0 Å². The number of nitrogens with zero attached hydrogens (tertiary/aromatic N) is 4. The van der Waals surface area contributed by atoms with Gasteiger partial charge in [-0.05, 0) is 32.0 Å². The molecule has 2 aromatic rings. The molecule has 0 saturated carbocycles. The Labute approximate surface area is 105 Å². The van der Waals surface area contributed by atoms with Crippen molar-refractivity contribution in [2.75, 3.05) is 0 Å². The second-order valence-corrected chi connectivity index (χ2v) is 4.29. The third-order valence-electron chi connectivity index (χ3n) is 2.93. The molecule has 2 rings (SSSR count). The fourth-order valence-corrected chi connectivity index (χ4v) is 1.93. The summed E-state index contributed by atoms with van der Waals surface area (Å²) in [6, 6.07) is 7.19. The predicted octanol–water partition coefficient (Wildman–Crippen LogP) is 1.12. The van der Waals surface area contributed by atoms with Crippen molar-refractivity contribution in [3.63, 3.8) is 0 Å². The Balaban J connectivity index is 2.50. The minimum atomic E-state index is -0.253. The lowest BCUT2D eigenvalue weighted by molar-refractivity contribution is 0.639. The Bertz CT molecular complexity index is 688.